The lowest BCUT2D eigenvalue weighted by Gasteiger charge is -2.10. The van der Waals surface area contributed by atoms with E-state index in [1.54, 1.807) is 0 Å². The van der Waals surface area contributed by atoms with Gasteiger partial charge in [0.15, 0.2) is 0 Å². The first kappa shape index (κ1) is 13.8. The van der Waals surface area contributed by atoms with E-state index in [2.05, 4.69) is 55.6 Å². The number of benzene rings is 1. The Bertz CT molecular complexity index is 584. The van der Waals surface area contributed by atoms with Crippen molar-refractivity contribution in [1.82, 2.24) is 9.97 Å². The molecule has 100 valence electrons. The summed E-state index contributed by atoms with van der Waals surface area (Å²) in [5, 5.41) is 6.43. The maximum atomic E-state index is 4.43. The largest absolute Gasteiger partial charge is 0.354 e. The molecule has 1 aromatic heterocycles. The standard InChI is InChI=1S/C14H17BrN4/c1-4-16-14-17-10(3)8-13(19-14)18-12-6-5-9(2)7-11(12)15/h5-8H,4H2,1-3H3,(H2,16,17,18,19). The molecule has 1 heterocycles. The number of rotatable bonds is 4. The van der Waals surface area contributed by atoms with E-state index in [0.29, 0.717) is 5.95 Å². The molecule has 0 fully saturated rings. The van der Waals surface area contributed by atoms with Crippen LogP contribution in [0.4, 0.5) is 17.5 Å². The molecule has 19 heavy (non-hydrogen) atoms. The fourth-order valence-corrected chi connectivity index (χ4v) is 2.32. The second kappa shape index (κ2) is 6.02. The molecule has 1 aromatic carbocycles. The average Bonchev–Trinajstić information content (AvgIpc) is 2.32. The first-order valence-electron chi connectivity index (χ1n) is 6.21. The van der Waals surface area contributed by atoms with Crippen LogP contribution < -0.4 is 10.6 Å². The molecule has 0 radical (unpaired) electrons. The van der Waals surface area contributed by atoms with Crippen LogP contribution >= 0.6 is 15.9 Å². The van der Waals surface area contributed by atoms with Crippen molar-refractivity contribution < 1.29 is 0 Å². The highest BCUT2D eigenvalue weighted by Crippen LogP contribution is 2.26. The van der Waals surface area contributed by atoms with E-state index in [1.807, 2.05) is 26.0 Å². The van der Waals surface area contributed by atoms with Gasteiger partial charge >= 0.3 is 0 Å². The SMILES string of the molecule is CCNc1nc(C)cc(Nc2ccc(C)cc2Br)n1. The number of aromatic nitrogens is 2. The highest BCUT2D eigenvalue weighted by Gasteiger charge is 2.04. The lowest BCUT2D eigenvalue weighted by Crippen LogP contribution is -2.05. The molecule has 0 saturated carbocycles. The summed E-state index contributed by atoms with van der Waals surface area (Å²) in [4.78, 5) is 8.76. The molecular weight excluding hydrogens is 304 g/mol. The fourth-order valence-electron chi connectivity index (χ4n) is 1.73. The highest BCUT2D eigenvalue weighted by atomic mass is 79.9. The fraction of sp³-hybridized carbons (Fsp3) is 0.286. The van der Waals surface area contributed by atoms with E-state index in [4.69, 9.17) is 0 Å². The molecule has 5 heteroatoms. The van der Waals surface area contributed by atoms with Crippen molar-refractivity contribution in [3.8, 4) is 0 Å². The minimum absolute atomic E-state index is 0.647. The summed E-state index contributed by atoms with van der Waals surface area (Å²) in [5.41, 5.74) is 3.13. The lowest BCUT2D eigenvalue weighted by molar-refractivity contribution is 1.05. The van der Waals surface area contributed by atoms with Gasteiger partial charge in [0, 0.05) is 22.8 Å². The van der Waals surface area contributed by atoms with Gasteiger partial charge in [0.2, 0.25) is 5.95 Å². The average molecular weight is 321 g/mol. The van der Waals surface area contributed by atoms with E-state index in [9.17, 15) is 0 Å². The van der Waals surface area contributed by atoms with Gasteiger partial charge in [0.1, 0.15) is 5.82 Å². The summed E-state index contributed by atoms with van der Waals surface area (Å²) in [6.07, 6.45) is 0. The molecule has 0 aliphatic heterocycles. The van der Waals surface area contributed by atoms with Crippen LogP contribution in [0.2, 0.25) is 0 Å². The third kappa shape index (κ3) is 3.67. The van der Waals surface area contributed by atoms with Gasteiger partial charge in [-0.2, -0.15) is 4.98 Å². The molecule has 0 aliphatic carbocycles. The molecule has 0 unspecified atom stereocenters. The third-order valence-electron chi connectivity index (χ3n) is 2.58. The van der Waals surface area contributed by atoms with Gasteiger partial charge in [-0.1, -0.05) is 6.07 Å². The zero-order valence-electron chi connectivity index (χ0n) is 11.3. The van der Waals surface area contributed by atoms with E-state index in [1.165, 1.54) is 5.56 Å². The Morgan fingerprint density at radius 1 is 1.16 bits per heavy atom. The summed E-state index contributed by atoms with van der Waals surface area (Å²) in [6, 6.07) is 8.09. The number of nitrogens with one attached hydrogen (secondary N) is 2. The van der Waals surface area contributed by atoms with Crippen LogP contribution in [0.5, 0.6) is 0 Å². The number of hydrogen-bond acceptors (Lipinski definition) is 4. The molecule has 2 N–H and O–H groups in total. The van der Waals surface area contributed by atoms with Crippen LogP contribution in [0.3, 0.4) is 0 Å². The van der Waals surface area contributed by atoms with Crippen LogP contribution in [-0.4, -0.2) is 16.5 Å². The molecule has 0 bridgehead atoms. The molecular formula is C14H17BrN4. The Labute approximate surface area is 121 Å². The highest BCUT2D eigenvalue weighted by molar-refractivity contribution is 9.10. The zero-order chi connectivity index (χ0) is 13.8. The van der Waals surface area contributed by atoms with Crippen LogP contribution in [0, 0.1) is 13.8 Å². The van der Waals surface area contributed by atoms with E-state index < -0.39 is 0 Å². The van der Waals surface area contributed by atoms with Gasteiger partial charge in [-0.25, -0.2) is 4.98 Å². The molecule has 2 aromatic rings. The number of halogens is 1. The number of nitrogens with zero attached hydrogens (tertiary/aromatic N) is 2. The third-order valence-corrected chi connectivity index (χ3v) is 3.23. The van der Waals surface area contributed by atoms with Crippen molar-refractivity contribution >= 4 is 33.4 Å². The minimum Gasteiger partial charge on any atom is -0.354 e. The van der Waals surface area contributed by atoms with Gasteiger partial charge < -0.3 is 10.6 Å². The Balaban J connectivity index is 2.27. The van der Waals surface area contributed by atoms with E-state index in [-0.39, 0.29) is 0 Å². The minimum atomic E-state index is 0.647. The summed E-state index contributed by atoms with van der Waals surface area (Å²) in [5.74, 6) is 1.43. The first-order valence-corrected chi connectivity index (χ1v) is 7.00. The predicted molar refractivity (Wildman–Crippen MR) is 83.1 cm³/mol. The molecule has 0 amide bonds. The molecule has 0 spiro atoms. The molecule has 0 saturated heterocycles. The van der Waals surface area contributed by atoms with Gasteiger partial charge in [-0.3, -0.25) is 0 Å². The Kier molecular flexibility index (Phi) is 4.37. The number of anilines is 3. The summed E-state index contributed by atoms with van der Waals surface area (Å²) < 4.78 is 1.02. The maximum absolute atomic E-state index is 4.43. The van der Waals surface area contributed by atoms with Crippen LogP contribution in [-0.2, 0) is 0 Å². The van der Waals surface area contributed by atoms with E-state index >= 15 is 0 Å². The zero-order valence-corrected chi connectivity index (χ0v) is 12.9. The summed E-state index contributed by atoms with van der Waals surface area (Å²) >= 11 is 3.55. The van der Waals surface area contributed by atoms with Gasteiger partial charge in [-0.15, -0.1) is 0 Å². The second-order valence-corrected chi connectivity index (χ2v) is 5.21. The lowest BCUT2D eigenvalue weighted by atomic mass is 10.2. The number of hydrogen-bond donors (Lipinski definition) is 2. The van der Waals surface area contributed by atoms with Crippen molar-refractivity contribution in [2.24, 2.45) is 0 Å². The normalized spacial score (nSPS) is 10.3. The topological polar surface area (TPSA) is 49.8 Å². The van der Waals surface area contributed by atoms with Crippen molar-refractivity contribution in [3.63, 3.8) is 0 Å². The summed E-state index contributed by atoms with van der Waals surface area (Å²) in [7, 11) is 0. The summed E-state index contributed by atoms with van der Waals surface area (Å²) in [6.45, 7) is 6.84. The van der Waals surface area contributed by atoms with Crippen LogP contribution in [0.25, 0.3) is 0 Å². The van der Waals surface area contributed by atoms with Gasteiger partial charge in [-0.05, 0) is 54.4 Å². The van der Waals surface area contributed by atoms with E-state index in [0.717, 1.165) is 28.2 Å². The van der Waals surface area contributed by atoms with Gasteiger partial charge in [0.25, 0.3) is 0 Å². The quantitative estimate of drug-likeness (QED) is 0.892. The van der Waals surface area contributed by atoms with Crippen LogP contribution in [0.1, 0.15) is 18.2 Å². The second-order valence-electron chi connectivity index (χ2n) is 4.36. The molecule has 0 aliphatic rings. The van der Waals surface area contributed by atoms with Crippen molar-refractivity contribution in [3.05, 3.63) is 40.0 Å². The monoisotopic (exact) mass is 320 g/mol. The molecule has 2 rings (SSSR count). The van der Waals surface area contributed by atoms with Crippen molar-refractivity contribution in [1.29, 1.82) is 0 Å². The maximum Gasteiger partial charge on any atom is 0.224 e. The van der Waals surface area contributed by atoms with Crippen molar-refractivity contribution in [2.45, 2.75) is 20.8 Å². The predicted octanol–water partition coefficient (Wildman–Crippen LogP) is 4.03. The van der Waals surface area contributed by atoms with Gasteiger partial charge in [0.05, 0.1) is 5.69 Å². The molecule has 4 nitrogen and oxygen atoms in total. The van der Waals surface area contributed by atoms with Crippen molar-refractivity contribution in [2.75, 3.05) is 17.2 Å². The Morgan fingerprint density at radius 3 is 2.63 bits per heavy atom. The smallest absolute Gasteiger partial charge is 0.224 e. The first-order chi connectivity index (χ1) is 9.08. The molecule has 0 atom stereocenters. The number of aryl methyl sites for hydroxylation is 2. The Hall–Kier alpha value is -1.62. The Morgan fingerprint density at radius 2 is 1.95 bits per heavy atom. The van der Waals surface area contributed by atoms with Crippen LogP contribution in [0.15, 0.2) is 28.7 Å².